The first kappa shape index (κ1) is 36.1. The minimum Gasteiger partial charge on any atom is -0.495 e. The normalized spacial score (nSPS) is 16.7. The Morgan fingerprint density at radius 3 is 2.18 bits per heavy atom. The lowest BCUT2D eigenvalue weighted by Crippen LogP contribution is -2.35. The third-order valence-electron chi connectivity index (χ3n) is 9.74. The Hall–Kier alpha value is -4.21. The Morgan fingerprint density at radius 1 is 0.857 bits per heavy atom. The summed E-state index contributed by atoms with van der Waals surface area (Å²) >= 11 is 0. The van der Waals surface area contributed by atoms with E-state index in [1.54, 1.807) is 34.9 Å². The van der Waals surface area contributed by atoms with Gasteiger partial charge in [-0.3, -0.25) is 14.2 Å². The largest absolute Gasteiger partial charge is 0.495 e. The summed E-state index contributed by atoms with van der Waals surface area (Å²) in [5.74, 6) is -0.948. The number of anilines is 1. The molecule has 0 N–H and O–H groups in total. The lowest BCUT2D eigenvalue weighted by Gasteiger charge is -2.27. The summed E-state index contributed by atoms with van der Waals surface area (Å²) in [4.78, 5) is 59.7. The van der Waals surface area contributed by atoms with Gasteiger partial charge in [0.25, 0.3) is 11.5 Å². The molecule has 1 unspecified atom stereocenters. The second kappa shape index (κ2) is 18.0. The number of rotatable bonds is 18. The molecule has 3 aromatic rings. The van der Waals surface area contributed by atoms with Gasteiger partial charge in [0.1, 0.15) is 5.75 Å². The fraction of sp³-hybridized carbons (Fsp3) is 0.564. The predicted molar refractivity (Wildman–Crippen MR) is 189 cm³/mol. The number of carbonyl (C=O) groups is 3. The van der Waals surface area contributed by atoms with Crippen molar-refractivity contribution in [3.63, 3.8) is 0 Å². The lowest BCUT2D eigenvalue weighted by atomic mass is 9.94. The molecule has 1 aliphatic carbocycles. The average molecular weight is 674 g/mol. The van der Waals surface area contributed by atoms with Gasteiger partial charge >= 0.3 is 12.1 Å². The van der Waals surface area contributed by atoms with Gasteiger partial charge in [-0.05, 0) is 49.6 Å². The van der Waals surface area contributed by atoms with E-state index in [-0.39, 0.29) is 41.0 Å². The van der Waals surface area contributed by atoms with Crippen LogP contribution in [-0.2, 0) is 14.3 Å². The van der Waals surface area contributed by atoms with Crippen molar-refractivity contribution in [1.29, 1.82) is 0 Å². The van der Waals surface area contributed by atoms with E-state index in [2.05, 4.69) is 6.92 Å². The van der Waals surface area contributed by atoms with E-state index in [0.717, 1.165) is 56.3 Å². The molecule has 10 heteroatoms. The number of imide groups is 1. The van der Waals surface area contributed by atoms with Gasteiger partial charge in [-0.2, -0.15) is 0 Å². The molecular weight excluding hydrogens is 622 g/mol. The van der Waals surface area contributed by atoms with Gasteiger partial charge in [-0.1, -0.05) is 109 Å². The monoisotopic (exact) mass is 673 g/mol. The molecule has 0 radical (unpaired) electrons. The third kappa shape index (κ3) is 8.88. The molecule has 1 aliphatic heterocycles. The first-order valence-corrected chi connectivity index (χ1v) is 18.4. The second-order valence-corrected chi connectivity index (χ2v) is 13.3. The molecule has 0 spiro atoms. The first-order valence-electron chi connectivity index (χ1n) is 18.4. The standard InChI is InChI=1S/C39H51N3O7/c1-3-4-5-6-7-8-9-10-11-12-13-19-26-48-38(45)28-24-25-33(47-2)32(27-28)42-37(44)34(49-39(42)46)35-40-31-23-18-17-22-30(31)36(43)41(35)29-20-15-14-16-21-29/h17-18,22-25,27,29,34H,3-16,19-21,26H2,1-2H3. The van der Waals surface area contributed by atoms with Crippen molar-refractivity contribution in [1.82, 2.24) is 9.55 Å². The average Bonchev–Trinajstić information content (AvgIpc) is 3.42. The Labute approximate surface area is 289 Å². The molecule has 2 amide bonds. The summed E-state index contributed by atoms with van der Waals surface area (Å²) in [7, 11) is 1.42. The molecule has 10 nitrogen and oxygen atoms in total. The van der Waals surface area contributed by atoms with Gasteiger partial charge in [-0.15, -0.1) is 0 Å². The minimum absolute atomic E-state index is 0.0622. The van der Waals surface area contributed by atoms with Crippen LogP contribution in [0.1, 0.15) is 144 Å². The number of fused-ring (bicyclic) bond motifs is 1. The summed E-state index contributed by atoms with van der Waals surface area (Å²) in [5, 5.41) is 0.446. The predicted octanol–water partition coefficient (Wildman–Crippen LogP) is 8.99. The molecule has 5 rings (SSSR count). The number of aromatic nitrogens is 2. The highest BCUT2D eigenvalue weighted by Gasteiger charge is 2.47. The summed E-state index contributed by atoms with van der Waals surface area (Å²) < 4.78 is 18.2. The summed E-state index contributed by atoms with van der Waals surface area (Å²) in [6, 6.07) is 11.3. The van der Waals surface area contributed by atoms with Crippen LogP contribution in [0, 0.1) is 0 Å². The number of hydrogen-bond donors (Lipinski definition) is 0. The fourth-order valence-corrected chi connectivity index (χ4v) is 7.01. The molecule has 1 saturated heterocycles. The zero-order chi connectivity index (χ0) is 34.6. The fourth-order valence-electron chi connectivity index (χ4n) is 7.01. The molecule has 0 bridgehead atoms. The van der Waals surface area contributed by atoms with Crippen LogP contribution in [0.3, 0.4) is 0 Å². The van der Waals surface area contributed by atoms with E-state index >= 15 is 0 Å². The van der Waals surface area contributed by atoms with Crippen molar-refractivity contribution in [2.45, 2.75) is 128 Å². The van der Waals surface area contributed by atoms with E-state index < -0.39 is 24.1 Å². The molecule has 1 atom stereocenters. The molecule has 49 heavy (non-hydrogen) atoms. The molecule has 2 heterocycles. The molecular formula is C39H51N3O7. The Kier molecular flexibility index (Phi) is 13.2. The molecule has 1 aromatic heterocycles. The molecule has 2 aliphatic rings. The Bertz CT molecular complexity index is 1650. The zero-order valence-electron chi connectivity index (χ0n) is 29.1. The number of carbonyl (C=O) groups excluding carboxylic acids is 3. The SMILES string of the molecule is CCCCCCCCCCCCCCOC(=O)c1ccc(OC)c(N2C(=O)OC(c3nc4ccccc4c(=O)n3C3CCCCC3)C2=O)c1. The molecule has 264 valence electrons. The number of benzene rings is 2. The van der Waals surface area contributed by atoms with Crippen molar-refractivity contribution in [2.24, 2.45) is 0 Å². The van der Waals surface area contributed by atoms with Crippen molar-refractivity contribution in [2.75, 3.05) is 18.6 Å². The summed E-state index contributed by atoms with van der Waals surface area (Å²) in [6.07, 6.45) is 16.7. The van der Waals surface area contributed by atoms with Gasteiger partial charge in [0.2, 0.25) is 6.10 Å². The molecule has 1 saturated carbocycles. The zero-order valence-corrected chi connectivity index (χ0v) is 29.1. The van der Waals surface area contributed by atoms with Crippen LogP contribution in [-0.4, -0.2) is 41.2 Å². The van der Waals surface area contributed by atoms with Gasteiger partial charge in [-0.25, -0.2) is 19.5 Å². The number of methoxy groups -OCH3 is 1. The van der Waals surface area contributed by atoms with E-state index in [0.29, 0.717) is 10.9 Å². The van der Waals surface area contributed by atoms with E-state index in [4.69, 9.17) is 19.2 Å². The van der Waals surface area contributed by atoms with Crippen LogP contribution in [0.15, 0.2) is 47.3 Å². The number of hydrogen-bond acceptors (Lipinski definition) is 8. The topological polar surface area (TPSA) is 117 Å². The maximum atomic E-state index is 14.0. The number of nitrogens with zero attached hydrogens (tertiary/aromatic N) is 3. The van der Waals surface area contributed by atoms with Gasteiger partial charge in [0, 0.05) is 6.04 Å². The minimum atomic E-state index is -1.43. The maximum Gasteiger partial charge on any atom is 0.422 e. The van der Waals surface area contributed by atoms with Gasteiger partial charge in [0.15, 0.2) is 5.82 Å². The lowest BCUT2D eigenvalue weighted by molar-refractivity contribution is -0.122. The summed E-state index contributed by atoms with van der Waals surface area (Å²) in [6.45, 7) is 2.53. The van der Waals surface area contributed by atoms with Crippen LogP contribution in [0.2, 0.25) is 0 Å². The number of ether oxygens (including phenoxy) is 3. The number of amides is 2. The van der Waals surface area contributed by atoms with Crippen molar-refractivity contribution in [3.8, 4) is 5.75 Å². The maximum absolute atomic E-state index is 14.0. The number of unbranched alkanes of at least 4 members (excludes halogenated alkanes) is 11. The molecule has 2 aromatic carbocycles. The Morgan fingerprint density at radius 2 is 1.51 bits per heavy atom. The van der Waals surface area contributed by atoms with Crippen LogP contribution in [0.4, 0.5) is 10.5 Å². The van der Waals surface area contributed by atoms with Crippen LogP contribution in [0.25, 0.3) is 10.9 Å². The highest BCUT2D eigenvalue weighted by molar-refractivity contribution is 6.19. The van der Waals surface area contributed by atoms with E-state index in [1.807, 2.05) is 0 Å². The third-order valence-corrected chi connectivity index (χ3v) is 9.74. The quantitative estimate of drug-likeness (QED) is 0.0970. The highest BCUT2D eigenvalue weighted by atomic mass is 16.6. The van der Waals surface area contributed by atoms with Crippen LogP contribution >= 0.6 is 0 Å². The Balaban J connectivity index is 1.23. The van der Waals surface area contributed by atoms with Gasteiger partial charge in [0.05, 0.1) is 35.9 Å². The smallest absolute Gasteiger partial charge is 0.422 e. The number of esters is 1. The first-order chi connectivity index (χ1) is 23.9. The van der Waals surface area contributed by atoms with Crippen LogP contribution < -0.4 is 15.2 Å². The van der Waals surface area contributed by atoms with Crippen molar-refractivity contribution < 1.29 is 28.6 Å². The van der Waals surface area contributed by atoms with Crippen molar-refractivity contribution >= 4 is 34.6 Å². The van der Waals surface area contributed by atoms with Gasteiger partial charge < -0.3 is 14.2 Å². The van der Waals surface area contributed by atoms with Crippen LogP contribution in [0.5, 0.6) is 5.75 Å². The number of cyclic esters (lactones) is 1. The molecule has 2 fully saturated rings. The van der Waals surface area contributed by atoms with Crippen molar-refractivity contribution in [3.05, 3.63) is 64.2 Å². The van der Waals surface area contributed by atoms with E-state index in [9.17, 15) is 19.2 Å². The highest BCUT2D eigenvalue weighted by Crippen LogP contribution is 2.38. The number of para-hydroxylation sites is 1. The van der Waals surface area contributed by atoms with E-state index in [1.165, 1.54) is 77.0 Å². The second-order valence-electron chi connectivity index (χ2n) is 13.3. The summed E-state index contributed by atoms with van der Waals surface area (Å²) in [5.41, 5.74) is 0.409.